The first-order valence-corrected chi connectivity index (χ1v) is 13.0. The number of ether oxygens (including phenoxy) is 1. The largest absolute Gasteiger partial charge is 0.456 e. The van der Waals surface area contributed by atoms with E-state index >= 15 is 0 Å². The van der Waals surface area contributed by atoms with Gasteiger partial charge in [0.15, 0.2) is 0 Å². The quantitative estimate of drug-likeness (QED) is 0.208. The first-order valence-electron chi connectivity index (χ1n) is 12.6. The van der Waals surface area contributed by atoms with Crippen molar-refractivity contribution in [2.24, 2.45) is 10.7 Å². The Morgan fingerprint density at radius 2 is 1.97 bits per heavy atom. The van der Waals surface area contributed by atoms with Gasteiger partial charge in [-0.15, -0.1) is 0 Å². The summed E-state index contributed by atoms with van der Waals surface area (Å²) in [7, 11) is 1.78. The fourth-order valence-electron chi connectivity index (χ4n) is 4.76. The van der Waals surface area contributed by atoms with Crippen molar-refractivity contribution in [3.8, 4) is 11.5 Å². The number of nitrogens with one attached hydrogen (secondary N) is 2. The number of aliphatic imine (C=N–C) groups is 1. The van der Waals surface area contributed by atoms with Gasteiger partial charge in [0.1, 0.15) is 28.8 Å². The van der Waals surface area contributed by atoms with Crippen LogP contribution in [0, 0.1) is 5.82 Å². The second kappa shape index (κ2) is 11.9. The number of aliphatic hydroxyl groups is 1. The highest BCUT2D eigenvalue weighted by molar-refractivity contribution is 6.32. The number of hydrogen-bond donors (Lipinski definition) is 4. The van der Waals surface area contributed by atoms with E-state index in [0.29, 0.717) is 23.7 Å². The monoisotopic (exact) mass is 541 g/mol. The molecule has 0 saturated heterocycles. The average Bonchev–Trinajstić information content (AvgIpc) is 3.30. The highest BCUT2D eigenvalue weighted by atomic mass is 35.5. The Hall–Kier alpha value is -3.56. The molecule has 1 amide bonds. The molecule has 0 bridgehead atoms. The Bertz CT molecular complexity index is 1330. The molecule has 3 aromatic rings. The van der Waals surface area contributed by atoms with Gasteiger partial charge in [-0.2, -0.15) is 0 Å². The number of aromatic nitrogens is 1. The Labute approximate surface area is 226 Å². The molecule has 0 spiro atoms. The second-order valence-corrected chi connectivity index (χ2v) is 10.1. The number of aliphatic hydroxyl groups excluding tert-OH is 1. The number of amidine groups is 1. The molecule has 1 heterocycles. The zero-order chi connectivity index (χ0) is 27.3. The van der Waals surface area contributed by atoms with E-state index in [-0.39, 0.29) is 34.3 Å². The van der Waals surface area contributed by atoms with Crippen molar-refractivity contribution in [2.45, 2.75) is 51.1 Å². The SMILES string of the molecule is CNc1ccn(CCO)c1C(N)=Nc1ccc(Oc2ccc(F)c(C(=O)NC3(C)CCCCC3)c2)c(Cl)c1. The van der Waals surface area contributed by atoms with Gasteiger partial charge in [-0.05, 0) is 62.2 Å². The molecule has 0 unspecified atom stereocenters. The molecule has 10 heteroatoms. The van der Waals surface area contributed by atoms with Gasteiger partial charge in [0, 0.05) is 25.3 Å². The smallest absolute Gasteiger partial charge is 0.254 e. The summed E-state index contributed by atoms with van der Waals surface area (Å²) in [4.78, 5) is 17.4. The molecule has 4 rings (SSSR count). The van der Waals surface area contributed by atoms with Gasteiger partial charge < -0.3 is 30.8 Å². The molecule has 1 aliphatic rings. The zero-order valence-electron chi connectivity index (χ0n) is 21.6. The van der Waals surface area contributed by atoms with Crippen LogP contribution in [0.1, 0.15) is 55.1 Å². The summed E-state index contributed by atoms with van der Waals surface area (Å²) >= 11 is 6.47. The molecule has 8 nitrogen and oxygen atoms in total. The number of carbonyl (C=O) groups excluding carboxylic acids is 1. The Morgan fingerprint density at radius 1 is 1.21 bits per heavy atom. The van der Waals surface area contributed by atoms with E-state index in [1.54, 1.807) is 29.8 Å². The van der Waals surface area contributed by atoms with Crippen LogP contribution in [0.3, 0.4) is 0 Å². The molecular weight excluding hydrogens is 509 g/mol. The lowest BCUT2D eigenvalue weighted by molar-refractivity contribution is 0.0878. The topological polar surface area (TPSA) is 114 Å². The number of halogens is 2. The third-order valence-corrected chi connectivity index (χ3v) is 7.06. The number of nitrogens with two attached hydrogens (primary N) is 1. The number of amides is 1. The molecule has 1 fully saturated rings. The molecular formula is C28H33ClFN5O3. The maximum Gasteiger partial charge on any atom is 0.254 e. The van der Waals surface area contributed by atoms with Crippen LogP contribution in [0.4, 0.5) is 15.8 Å². The summed E-state index contributed by atoms with van der Waals surface area (Å²) in [5, 5.41) is 15.7. The summed E-state index contributed by atoms with van der Waals surface area (Å²) < 4.78 is 22.2. The third-order valence-electron chi connectivity index (χ3n) is 6.76. The molecule has 0 atom stereocenters. The summed E-state index contributed by atoms with van der Waals surface area (Å²) in [5.74, 6) is -0.231. The predicted octanol–water partition coefficient (Wildman–Crippen LogP) is 5.60. The van der Waals surface area contributed by atoms with E-state index in [0.717, 1.165) is 37.8 Å². The van der Waals surface area contributed by atoms with Gasteiger partial charge >= 0.3 is 0 Å². The number of carbonyl (C=O) groups is 1. The van der Waals surface area contributed by atoms with Crippen molar-refractivity contribution in [1.29, 1.82) is 0 Å². The van der Waals surface area contributed by atoms with Crippen LogP contribution in [-0.4, -0.2) is 40.6 Å². The number of rotatable bonds is 9. The predicted molar refractivity (Wildman–Crippen MR) is 148 cm³/mol. The summed E-state index contributed by atoms with van der Waals surface area (Å²) in [6, 6.07) is 10.8. The Kier molecular flexibility index (Phi) is 8.58. The average molecular weight is 542 g/mol. The van der Waals surface area contributed by atoms with E-state index in [2.05, 4.69) is 15.6 Å². The van der Waals surface area contributed by atoms with E-state index in [1.165, 1.54) is 18.2 Å². The van der Waals surface area contributed by atoms with Crippen molar-refractivity contribution in [3.05, 3.63) is 70.8 Å². The molecule has 2 aromatic carbocycles. The van der Waals surface area contributed by atoms with Crippen molar-refractivity contribution in [2.75, 3.05) is 19.0 Å². The number of hydrogen-bond acceptors (Lipinski definition) is 5. The van der Waals surface area contributed by atoms with Crippen LogP contribution in [0.15, 0.2) is 53.7 Å². The minimum atomic E-state index is -0.618. The van der Waals surface area contributed by atoms with Gasteiger partial charge in [-0.25, -0.2) is 9.38 Å². The van der Waals surface area contributed by atoms with Crippen LogP contribution in [-0.2, 0) is 6.54 Å². The second-order valence-electron chi connectivity index (χ2n) is 9.68. The lowest BCUT2D eigenvalue weighted by Gasteiger charge is -2.34. The first-order chi connectivity index (χ1) is 18.2. The summed E-state index contributed by atoms with van der Waals surface area (Å²) in [6.45, 7) is 2.34. The van der Waals surface area contributed by atoms with Crippen LogP contribution < -0.4 is 21.1 Å². The van der Waals surface area contributed by atoms with Crippen LogP contribution in [0.5, 0.6) is 11.5 Å². The van der Waals surface area contributed by atoms with E-state index in [4.69, 9.17) is 22.1 Å². The standard InChI is InChI=1S/C28H33ClFN5O3/c1-28(11-4-3-5-12-28)34-27(37)20-17-19(7-8-22(20)30)38-24-9-6-18(16-21(24)29)33-26(31)25-23(32-2)10-13-35(25)14-15-36/h6-10,13,16-17,32,36H,3-5,11-12,14-15H2,1-2H3,(H2,31,33)(H,34,37). The van der Waals surface area contributed by atoms with E-state index < -0.39 is 11.7 Å². The number of benzene rings is 2. The molecule has 1 aromatic heterocycles. The van der Waals surface area contributed by atoms with Gasteiger partial charge in [0.2, 0.25) is 0 Å². The van der Waals surface area contributed by atoms with Crippen LogP contribution in [0.2, 0.25) is 5.02 Å². The van der Waals surface area contributed by atoms with Crippen molar-refractivity contribution >= 4 is 34.7 Å². The van der Waals surface area contributed by atoms with Crippen molar-refractivity contribution < 1.29 is 19.0 Å². The highest BCUT2D eigenvalue weighted by Gasteiger charge is 2.29. The van der Waals surface area contributed by atoms with E-state index in [1.807, 2.05) is 19.2 Å². The molecule has 38 heavy (non-hydrogen) atoms. The Balaban J connectivity index is 1.52. The molecule has 1 saturated carbocycles. The maximum absolute atomic E-state index is 14.5. The molecule has 202 valence electrons. The fraction of sp³-hybridized carbons (Fsp3) is 0.357. The van der Waals surface area contributed by atoms with Gasteiger partial charge in [-0.1, -0.05) is 30.9 Å². The summed E-state index contributed by atoms with van der Waals surface area (Å²) in [5.41, 5.74) is 7.79. The molecule has 0 aliphatic heterocycles. The van der Waals surface area contributed by atoms with Crippen molar-refractivity contribution in [1.82, 2.24) is 9.88 Å². The normalized spacial score (nSPS) is 15.2. The first kappa shape index (κ1) is 27.5. The number of anilines is 1. The van der Waals surface area contributed by atoms with Gasteiger partial charge in [0.05, 0.1) is 28.6 Å². The molecule has 0 radical (unpaired) electrons. The minimum absolute atomic E-state index is 0.0396. The minimum Gasteiger partial charge on any atom is -0.456 e. The van der Waals surface area contributed by atoms with Crippen molar-refractivity contribution in [3.63, 3.8) is 0 Å². The maximum atomic E-state index is 14.5. The summed E-state index contributed by atoms with van der Waals surface area (Å²) in [6.07, 6.45) is 6.78. The van der Waals surface area contributed by atoms with Crippen LogP contribution >= 0.6 is 11.6 Å². The fourth-order valence-corrected chi connectivity index (χ4v) is 4.97. The van der Waals surface area contributed by atoms with Gasteiger partial charge in [0.25, 0.3) is 5.91 Å². The van der Waals surface area contributed by atoms with E-state index in [9.17, 15) is 14.3 Å². The van der Waals surface area contributed by atoms with Gasteiger partial charge in [-0.3, -0.25) is 4.79 Å². The lowest BCUT2D eigenvalue weighted by atomic mass is 9.83. The van der Waals surface area contributed by atoms with Crippen LogP contribution in [0.25, 0.3) is 0 Å². The Morgan fingerprint density at radius 3 is 2.66 bits per heavy atom. The lowest BCUT2D eigenvalue weighted by Crippen LogP contribution is -2.47. The number of nitrogens with zero attached hydrogens (tertiary/aromatic N) is 2. The highest BCUT2D eigenvalue weighted by Crippen LogP contribution is 2.34. The molecule has 5 N–H and O–H groups in total. The molecule has 1 aliphatic carbocycles. The third kappa shape index (κ3) is 6.28. The zero-order valence-corrected chi connectivity index (χ0v) is 22.3.